The van der Waals surface area contributed by atoms with Gasteiger partial charge in [0.2, 0.25) is 0 Å². The largest absolute Gasteiger partial charge is 0.507 e. The summed E-state index contributed by atoms with van der Waals surface area (Å²) in [5.41, 5.74) is 4.23. The minimum absolute atomic E-state index is 0.0678. The summed E-state index contributed by atoms with van der Waals surface area (Å²) in [7, 11) is 0. The van der Waals surface area contributed by atoms with Gasteiger partial charge in [0, 0.05) is 11.1 Å². The van der Waals surface area contributed by atoms with Gasteiger partial charge in [0.25, 0.3) is 11.8 Å². The second kappa shape index (κ2) is 7.74. The molecule has 2 rings (SSSR count). The van der Waals surface area contributed by atoms with E-state index in [4.69, 9.17) is 0 Å². The standard InChI is InChI=1S/C17H17N3O3/c1-12-5-4-7-13(9-12)17(23)18-11-16(22)20-19-10-14-6-2-3-8-15(14)21/h2-10,21H,11H2,1H3,(H,18,23)(H,20,22)/b19-10+. The van der Waals surface area contributed by atoms with Crippen LogP contribution in [0.4, 0.5) is 0 Å². The summed E-state index contributed by atoms with van der Waals surface area (Å²) >= 11 is 0. The molecule has 118 valence electrons. The lowest BCUT2D eigenvalue weighted by atomic mass is 10.1. The molecule has 0 saturated carbocycles. The molecule has 0 bridgehead atoms. The molecule has 0 aliphatic carbocycles. The predicted molar refractivity (Wildman–Crippen MR) is 87.4 cm³/mol. The van der Waals surface area contributed by atoms with Crippen molar-refractivity contribution in [2.75, 3.05) is 6.54 Å². The third kappa shape index (κ3) is 4.96. The van der Waals surface area contributed by atoms with E-state index in [1.54, 1.807) is 36.4 Å². The molecule has 2 aromatic carbocycles. The summed E-state index contributed by atoms with van der Waals surface area (Å²) in [6.45, 7) is 1.70. The van der Waals surface area contributed by atoms with E-state index < -0.39 is 5.91 Å². The first-order valence-electron chi connectivity index (χ1n) is 7.01. The van der Waals surface area contributed by atoms with Crippen LogP contribution in [0, 0.1) is 6.92 Å². The first kappa shape index (κ1) is 16.2. The molecule has 0 unspecified atom stereocenters. The van der Waals surface area contributed by atoms with Gasteiger partial charge in [-0.15, -0.1) is 0 Å². The second-order valence-corrected chi connectivity index (χ2v) is 4.90. The number of rotatable bonds is 5. The van der Waals surface area contributed by atoms with Crippen LogP contribution in [0.1, 0.15) is 21.5 Å². The van der Waals surface area contributed by atoms with Gasteiger partial charge in [0.05, 0.1) is 12.8 Å². The molecule has 0 aromatic heterocycles. The van der Waals surface area contributed by atoms with Crippen molar-refractivity contribution in [2.24, 2.45) is 5.10 Å². The molecule has 3 N–H and O–H groups in total. The Kier molecular flexibility index (Phi) is 5.46. The van der Waals surface area contributed by atoms with Gasteiger partial charge in [-0.3, -0.25) is 9.59 Å². The molecule has 0 aliphatic heterocycles. The summed E-state index contributed by atoms with van der Waals surface area (Å²) in [5.74, 6) is -0.718. The first-order chi connectivity index (χ1) is 11.1. The molecule has 0 saturated heterocycles. The Bertz CT molecular complexity index is 741. The lowest BCUT2D eigenvalue weighted by Gasteiger charge is -2.05. The van der Waals surface area contributed by atoms with Crippen molar-refractivity contribution >= 4 is 18.0 Å². The fourth-order valence-corrected chi connectivity index (χ4v) is 1.86. The first-order valence-corrected chi connectivity index (χ1v) is 7.01. The van der Waals surface area contributed by atoms with Crippen molar-refractivity contribution < 1.29 is 14.7 Å². The molecule has 6 nitrogen and oxygen atoms in total. The van der Waals surface area contributed by atoms with Crippen LogP contribution >= 0.6 is 0 Å². The molecule has 0 fully saturated rings. The molecule has 6 heteroatoms. The second-order valence-electron chi connectivity index (χ2n) is 4.90. The van der Waals surface area contributed by atoms with Crippen molar-refractivity contribution in [1.82, 2.24) is 10.7 Å². The fourth-order valence-electron chi connectivity index (χ4n) is 1.86. The smallest absolute Gasteiger partial charge is 0.259 e. The molecule has 0 spiro atoms. The van der Waals surface area contributed by atoms with E-state index in [2.05, 4.69) is 15.8 Å². The van der Waals surface area contributed by atoms with E-state index in [0.29, 0.717) is 11.1 Å². The van der Waals surface area contributed by atoms with E-state index in [-0.39, 0.29) is 18.2 Å². The summed E-state index contributed by atoms with van der Waals surface area (Å²) in [6.07, 6.45) is 1.33. The monoisotopic (exact) mass is 311 g/mol. The maximum absolute atomic E-state index is 11.9. The Labute approximate surface area is 133 Å². The van der Waals surface area contributed by atoms with E-state index in [1.807, 2.05) is 13.0 Å². The molecule has 0 heterocycles. The van der Waals surface area contributed by atoms with Crippen LogP contribution in [0.2, 0.25) is 0 Å². The summed E-state index contributed by atoms with van der Waals surface area (Å²) in [4.78, 5) is 23.5. The quantitative estimate of drug-likeness (QED) is 0.578. The third-order valence-corrected chi connectivity index (χ3v) is 3.02. The van der Waals surface area contributed by atoms with Crippen LogP contribution in [0.15, 0.2) is 53.6 Å². The van der Waals surface area contributed by atoms with Gasteiger partial charge in [-0.25, -0.2) is 5.43 Å². The normalized spacial score (nSPS) is 10.5. The Morgan fingerprint density at radius 2 is 1.96 bits per heavy atom. The number of nitrogens with one attached hydrogen (secondary N) is 2. The van der Waals surface area contributed by atoms with Gasteiger partial charge < -0.3 is 10.4 Å². The van der Waals surface area contributed by atoms with Gasteiger partial charge in [-0.2, -0.15) is 5.10 Å². The molecule has 0 aliphatic rings. The number of hydrogen-bond acceptors (Lipinski definition) is 4. The number of nitrogens with zero attached hydrogens (tertiary/aromatic N) is 1. The minimum atomic E-state index is -0.460. The fraction of sp³-hybridized carbons (Fsp3) is 0.118. The molecular weight excluding hydrogens is 294 g/mol. The van der Waals surface area contributed by atoms with Crippen molar-refractivity contribution in [3.8, 4) is 5.75 Å². The number of carbonyl (C=O) groups excluding carboxylic acids is 2. The van der Waals surface area contributed by atoms with Gasteiger partial charge in [-0.1, -0.05) is 29.8 Å². The maximum atomic E-state index is 11.9. The zero-order chi connectivity index (χ0) is 16.7. The van der Waals surface area contributed by atoms with Crippen LogP contribution in [-0.2, 0) is 4.79 Å². The van der Waals surface area contributed by atoms with Gasteiger partial charge >= 0.3 is 0 Å². The number of aryl methyl sites for hydroxylation is 1. The van der Waals surface area contributed by atoms with Crippen LogP contribution in [0.5, 0.6) is 5.75 Å². The van der Waals surface area contributed by atoms with Gasteiger partial charge in [0.15, 0.2) is 0 Å². The number of aromatic hydroxyl groups is 1. The zero-order valence-electron chi connectivity index (χ0n) is 12.6. The Balaban J connectivity index is 1.81. The van der Waals surface area contributed by atoms with Gasteiger partial charge in [-0.05, 0) is 31.2 Å². The van der Waals surface area contributed by atoms with Crippen LogP contribution in [0.25, 0.3) is 0 Å². The van der Waals surface area contributed by atoms with E-state index >= 15 is 0 Å². The highest BCUT2D eigenvalue weighted by Gasteiger charge is 2.07. The maximum Gasteiger partial charge on any atom is 0.259 e. The van der Waals surface area contributed by atoms with Crippen molar-refractivity contribution in [3.05, 3.63) is 65.2 Å². The minimum Gasteiger partial charge on any atom is -0.507 e. The van der Waals surface area contributed by atoms with Crippen LogP contribution in [0.3, 0.4) is 0 Å². The lowest BCUT2D eigenvalue weighted by molar-refractivity contribution is -0.120. The van der Waals surface area contributed by atoms with Gasteiger partial charge in [0.1, 0.15) is 5.75 Å². The Morgan fingerprint density at radius 1 is 1.17 bits per heavy atom. The number of phenols is 1. The molecule has 0 radical (unpaired) electrons. The molecule has 0 atom stereocenters. The highest BCUT2D eigenvalue weighted by molar-refractivity contribution is 5.96. The van der Waals surface area contributed by atoms with Crippen molar-refractivity contribution in [1.29, 1.82) is 0 Å². The van der Waals surface area contributed by atoms with Crippen molar-refractivity contribution in [3.63, 3.8) is 0 Å². The summed E-state index contributed by atoms with van der Waals surface area (Å²) in [6, 6.07) is 13.7. The zero-order valence-corrected chi connectivity index (χ0v) is 12.6. The molecular formula is C17H17N3O3. The average molecular weight is 311 g/mol. The van der Waals surface area contributed by atoms with Crippen molar-refractivity contribution in [2.45, 2.75) is 6.92 Å². The topological polar surface area (TPSA) is 90.8 Å². The number of amides is 2. The molecule has 2 amide bonds. The number of hydrogen-bond donors (Lipinski definition) is 3. The lowest BCUT2D eigenvalue weighted by Crippen LogP contribution is -2.34. The Morgan fingerprint density at radius 3 is 2.70 bits per heavy atom. The summed E-state index contributed by atoms with van der Waals surface area (Å²) in [5, 5.41) is 15.8. The highest BCUT2D eigenvalue weighted by Crippen LogP contribution is 2.12. The number of para-hydroxylation sites is 1. The number of phenolic OH excluding ortho intramolecular Hbond substituents is 1. The third-order valence-electron chi connectivity index (χ3n) is 3.02. The van der Waals surface area contributed by atoms with E-state index in [1.165, 1.54) is 12.3 Å². The van der Waals surface area contributed by atoms with Crippen LogP contribution in [-0.4, -0.2) is 29.7 Å². The van der Waals surface area contributed by atoms with E-state index in [0.717, 1.165) is 5.56 Å². The number of hydrazone groups is 1. The van der Waals surface area contributed by atoms with E-state index in [9.17, 15) is 14.7 Å². The predicted octanol–water partition coefficient (Wildman–Crippen LogP) is 1.58. The number of benzene rings is 2. The number of carbonyl (C=O) groups is 2. The highest BCUT2D eigenvalue weighted by atomic mass is 16.3. The molecule has 23 heavy (non-hydrogen) atoms. The average Bonchev–Trinajstić information content (AvgIpc) is 2.54. The Hall–Kier alpha value is -3.15. The molecule has 2 aromatic rings. The van der Waals surface area contributed by atoms with Crippen LogP contribution < -0.4 is 10.7 Å². The summed E-state index contributed by atoms with van der Waals surface area (Å²) < 4.78 is 0. The SMILES string of the molecule is Cc1cccc(C(=O)NCC(=O)N/N=C/c2ccccc2O)c1.